The Labute approximate surface area is 178 Å². The Hall–Kier alpha value is -3.07. The lowest BCUT2D eigenvalue weighted by Gasteiger charge is -2.19. The maximum absolute atomic E-state index is 11.7. The summed E-state index contributed by atoms with van der Waals surface area (Å²) in [5.41, 5.74) is 7.99. The number of rotatable bonds is 2. The van der Waals surface area contributed by atoms with Crippen LogP contribution in [0.4, 0.5) is 5.69 Å². The molecule has 0 saturated heterocycles. The van der Waals surface area contributed by atoms with Crippen LogP contribution in [0.1, 0.15) is 49.9 Å². The fraction of sp³-hybridized carbons (Fsp3) is 0.296. The Bertz CT molecular complexity index is 1300. The predicted molar refractivity (Wildman–Crippen MR) is 127 cm³/mol. The largest absolute Gasteiger partial charge is 0.498 e. The van der Waals surface area contributed by atoms with Gasteiger partial charge in [0.15, 0.2) is 0 Å². The molecule has 0 spiro atoms. The molecule has 0 radical (unpaired) electrons. The van der Waals surface area contributed by atoms with E-state index in [1.807, 2.05) is 6.07 Å². The second-order valence-electron chi connectivity index (χ2n) is 9.39. The van der Waals surface area contributed by atoms with Crippen molar-refractivity contribution in [2.24, 2.45) is 0 Å². The molecule has 0 fully saturated rings. The van der Waals surface area contributed by atoms with Gasteiger partial charge in [-0.3, -0.25) is 4.79 Å². The van der Waals surface area contributed by atoms with Gasteiger partial charge in [-0.1, -0.05) is 32.9 Å². The van der Waals surface area contributed by atoms with E-state index < -0.39 is 0 Å². The van der Waals surface area contributed by atoms with Gasteiger partial charge < -0.3 is 9.36 Å². The van der Waals surface area contributed by atoms with E-state index in [0.717, 1.165) is 33.6 Å². The van der Waals surface area contributed by atoms with E-state index in [0.29, 0.717) is 0 Å². The second kappa shape index (κ2) is 7.02. The number of furan rings is 1. The van der Waals surface area contributed by atoms with E-state index >= 15 is 0 Å². The zero-order valence-corrected chi connectivity index (χ0v) is 18.9. The summed E-state index contributed by atoms with van der Waals surface area (Å²) in [5.74, 6) is 1.03. The van der Waals surface area contributed by atoms with Gasteiger partial charge in [0.2, 0.25) is 5.91 Å². The van der Waals surface area contributed by atoms with Crippen molar-refractivity contribution in [3.8, 4) is 5.75 Å². The predicted octanol–water partition coefficient (Wildman–Crippen LogP) is 7.44. The maximum Gasteiger partial charge on any atom is 0.278 e. The average Bonchev–Trinajstić information content (AvgIpc) is 2.96. The lowest BCUT2D eigenvalue weighted by atomic mass is 9.87. The molecule has 0 unspecified atom stereocenters. The molecule has 3 nitrogen and oxygen atoms in total. The highest BCUT2D eigenvalue weighted by molar-refractivity contribution is 6.10. The zero-order valence-electron chi connectivity index (χ0n) is 18.9. The molecule has 4 rings (SSSR count). The lowest BCUT2D eigenvalue weighted by Crippen LogP contribution is -2.10. The first-order valence-corrected chi connectivity index (χ1v) is 10.4. The van der Waals surface area contributed by atoms with Gasteiger partial charge in [0.05, 0.1) is 10.8 Å². The maximum atomic E-state index is 11.7. The number of benzene rings is 3. The Morgan fingerprint density at radius 3 is 2.13 bits per heavy atom. The van der Waals surface area contributed by atoms with Crippen molar-refractivity contribution < 1.29 is 8.84 Å². The number of carbonyl (C=O) groups is 1. The molecule has 3 heteroatoms. The van der Waals surface area contributed by atoms with Gasteiger partial charge in [0.25, 0.3) is 16.9 Å². The topological polar surface area (TPSA) is 31.8 Å². The van der Waals surface area contributed by atoms with Crippen LogP contribution in [0.3, 0.4) is 0 Å². The molecule has 0 aliphatic rings. The number of fused-ring (bicyclic) bond motifs is 3. The van der Waals surface area contributed by atoms with Crippen LogP contribution in [0.15, 0.2) is 52.6 Å². The van der Waals surface area contributed by atoms with Crippen molar-refractivity contribution in [1.82, 2.24) is 0 Å². The van der Waals surface area contributed by atoms with E-state index in [9.17, 15) is 4.79 Å². The summed E-state index contributed by atoms with van der Waals surface area (Å²) < 4.78 is 3.48. The molecule has 0 aliphatic heterocycles. The first kappa shape index (κ1) is 20.2. The summed E-state index contributed by atoms with van der Waals surface area (Å²) in [5, 5.41) is 5.27. The molecule has 0 bridgehead atoms. The summed E-state index contributed by atoms with van der Waals surface area (Å²) in [7, 11) is 0. The quantitative estimate of drug-likeness (QED) is 0.348. The first-order chi connectivity index (χ1) is 14.1. The molecule has 0 atom stereocenters. The standard InChI is InChI=1S/C27H29NO2/c1-16-11-17(2)25-23(12-16)24-15-21(28-19(4)29)13-18(3)26(24)30(25)22-10-8-9-20(14-22)27(5,6)7/h8-15H,1-7H3/p+1. The van der Waals surface area contributed by atoms with Crippen molar-refractivity contribution in [2.45, 2.75) is 53.9 Å². The molecule has 30 heavy (non-hydrogen) atoms. The number of aryl methyl sites for hydroxylation is 3. The number of hydrogen-bond donors (Lipinski definition) is 1. The van der Waals surface area contributed by atoms with Gasteiger partial charge in [-0.2, -0.15) is 0 Å². The number of amides is 1. The van der Waals surface area contributed by atoms with Gasteiger partial charge in [0.1, 0.15) is 0 Å². The van der Waals surface area contributed by atoms with E-state index in [2.05, 4.69) is 93.4 Å². The number of carbonyl (C=O) groups excluding carboxylic acids is 1. The van der Waals surface area contributed by atoms with E-state index in [1.54, 1.807) is 6.92 Å². The molecule has 3 aromatic carbocycles. The summed E-state index contributed by atoms with van der Waals surface area (Å²) in [6.07, 6.45) is 0. The highest BCUT2D eigenvalue weighted by Crippen LogP contribution is 2.44. The van der Waals surface area contributed by atoms with Crippen LogP contribution < -0.4 is 5.32 Å². The highest BCUT2D eigenvalue weighted by atomic mass is 16.6. The second-order valence-corrected chi connectivity index (χ2v) is 9.39. The zero-order chi connectivity index (χ0) is 21.8. The molecule has 4 aromatic rings. The van der Waals surface area contributed by atoms with Crippen LogP contribution in [0.5, 0.6) is 0 Å². The van der Waals surface area contributed by atoms with E-state index in [4.69, 9.17) is 0 Å². The molecular weight excluding hydrogens is 370 g/mol. The van der Waals surface area contributed by atoms with Crippen LogP contribution in [0, 0.1) is 20.8 Å². The van der Waals surface area contributed by atoms with Crippen LogP contribution in [-0.2, 0) is 10.2 Å². The average molecular weight is 401 g/mol. The van der Waals surface area contributed by atoms with Gasteiger partial charge in [-0.05, 0) is 61.6 Å². The molecule has 1 amide bonds. The third-order valence-electron chi connectivity index (χ3n) is 5.65. The fourth-order valence-corrected chi connectivity index (χ4v) is 4.37. The Morgan fingerprint density at radius 2 is 1.50 bits per heavy atom. The van der Waals surface area contributed by atoms with Crippen LogP contribution >= 0.6 is 0 Å². The minimum atomic E-state index is -0.0598. The minimum absolute atomic E-state index is 0.0598. The van der Waals surface area contributed by atoms with Gasteiger partial charge in [0, 0.05) is 35.9 Å². The van der Waals surface area contributed by atoms with Crippen molar-refractivity contribution in [3.63, 3.8) is 0 Å². The molecule has 154 valence electrons. The lowest BCUT2D eigenvalue weighted by molar-refractivity contribution is -0.114. The van der Waals surface area contributed by atoms with Crippen LogP contribution in [-0.4, -0.2) is 5.91 Å². The summed E-state index contributed by atoms with van der Waals surface area (Å²) >= 11 is 0. The van der Waals surface area contributed by atoms with Crippen molar-refractivity contribution in [3.05, 3.63) is 70.8 Å². The Kier molecular flexibility index (Phi) is 4.73. The molecule has 1 N–H and O–H groups in total. The summed E-state index contributed by atoms with van der Waals surface area (Å²) in [6, 6.07) is 17.3. The normalized spacial score (nSPS) is 12.0. The number of nitrogens with one attached hydrogen (secondary N) is 1. The van der Waals surface area contributed by atoms with Gasteiger partial charge in [-0.15, -0.1) is 0 Å². The van der Waals surface area contributed by atoms with Crippen molar-refractivity contribution in [1.29, 1.82) is 0 Å². The summed E-state index contributed by atoms with van der Waals surface area (Å²) in [4.78, 5) is 11.7. The minimum Gasteiger partial charge on any atom is -0.498 e. The van der Waals surface area contributed by atoms with E-state index in [1.165, 1.54) is 22.1 Å². The third kappa shape index (κ3) is 3.39. The molecule has 1 heterocycles. The van der Waals surface area contributed by atoms with Crippen LogP contribution in [0.25, 0.3) is 27.7 Å². The van der Waals surface area contributed by atoms with Gasteiger partial charge >= 0.3 is 0 Å². The van der Waals surface area contributed by atoms with Gasteiger partial charge in [-0.25, -0.2) is 0 Å². The molecular formula is C27H30NO2+. The smallest absolute Gasteiger partial charge is 0.278 e. The number of hydrogen-bond acceptors (Lipinski definition) is 1. The SMILES string of the molecule is CC(=O)Nc1cc(C)c2c(c1)c1cc(C)cc(C)c1[o+]2-c1cccc(C(C)(C)C)c1. The monoisotopic (exact) mass is 400 g/mol. The number of anilines is 1. The first-order valence-electron chi connectivity index (χ1n) is 10.4. The Morgan fingerprint density at radius 1 is 0.867 bits per heavy atom. The summed E-state index contributed by atoms with van der Waals surface area (Å²) in [6.45, 7) is 14.7. The fourth-order valence-electron chi connectivity index (χ4n) is 4.37. The third-order valence-corrected chi connectivity index (χ3v) is 5.65. The highest BCUT2D eigenvalue weighted by Gasteiger charge is 2.26. The molecule has 0 aliphatic carbocycles. The molecule has 1 aromatic heterocycles. The van der Waals surface area contributed by atoms with E-state index in [-0.39, 0.29) is 11.3 Å². The van der Waals surface area contributed by atoms with Crippen LogP contribution in [0.2, 0.25) is 0 Å². The van der Waals surface area contributed by atoms with Crippen molar-refractivity contribution in [2.75, 3.05) is 5.32 Å². The van der Waals surface area contributed by atoms with Crippen molar-refractivity contribution >= 4 is 33.5 Å². The Balaban J connectivity index is 2.15. The molecule has 0 saturated carbocycles.